The van der Waals surface area contributed by atoms with E-state index in [2.05, 4.69) is 37.9 Å². The van der Waals surface area contributed by atoms with Crippen molar-refractivity contribution in [2.24, 2.45) is 5.92 Å². The van der Waals surface area contributed by atoms with Crippen molar-refractivity contribution < 1.29 is 13.2 Å². The molecule has 176 valence electrons. The highest BCUT2D eigenvalue weighted by Gasteiger charge is 2.34. The molecule has 7 heteroatoms. The number of carbonyl (C=O) groups is 1. The maximum Gasteiger partial charge on any atom is 0.243 e. The Hall–Kier alpha value is -1.44. The second kappa shape index (κ2) is 10.5. The molecule has 1 aromatic rings. The van der Waals surface area contributed by atoms with Gasteiger partial charge in [-0.05, 0) is 90.5 Å². The Morgan fingerprint density at radius 2 is 1.52 bits per heavy atom. The van der Waals surface area contributed by atoms with Crippen LogP contribution in [0, 0.1) is 33.6 Å². The van der Waals surface area contributed by atoms with E-state index in [0.717, 1.165) is 28.8 Å². The summed E-state index contributed by atoms with van der Waals surface area (Å²) in [5.74, 6) is -0.0808. The van der Waals surface area contributed by atoms with E-state index in [1.165, 1.54) is 0 Å². The molecular weight excluding hydrogens is 410 g/mol. The van der Waals surface area contributed by atoms with Gasteiger partial charge < -0.3 is 5.32 Å². The van der Waals surface area contributed by atoms with E-state index in [1.807, 2.05) is 33.8 Å². The van der Waals surface area contributed by atoms with E-state index in [-0.39, 0.29) is 11.8 Å². The van der Waals surface area contributed by atoms with Crippen molar-refractivity contribution in [1.29, 1.82) is 0 Å². The largest absolute Gasteiger partial charge is 0.355 e. The van der Waals surface area contributed by atoms with Crippen molar-refractivity contribution in [3.05, 3.63) is 28.3 Å². The molecule has 0 unspecified atom stereocenters. The zero-order valence-corrected chi connectivity index (χ0v) is 21.4. The average Bonchev–Trinajstić information content (AvgIpc) is 2.69. The fraction of sp³-hybridized carbons (Fsp3) is 0.708. The first kappa shape index (κ1) is 25.8. The van der Waals surface area contributed by atoms with Crippen LogP contribution in [0.25, 0.3) is 0 Å². The predicted octanol–water partition coefficient (Wildman–Crippen LogP) is 3.56. The molecule has 0 radical (unpaired) electrons. The molecule has 0 atom stereocenters. The van der Waals surface area contributed by atoms with Gasteiger partial charge in [0.15, 0.2) is 0 Å². The average molecular weight is 452 g/mol. The number of rotatable bonds is 8. The van der Waals surface area contributed by atoms with Gasteiger partial charge in [0, 0.05) is 44.2 Å². The van der Waals surface area contributed by atoms with E-state index < -0.39 is 10.0 Å². The molecule has 6 nitrogen and oxygen atoms in total. The molecule has 0 spiro atoms. The van der Waals surface area contributed by atoms with E-state index >= 15 is 0 Å². The zero-order valence-electron chi connectivity index (χ0n) is 20.6. The van der Waals surface area contributed by atoms with Gasteiger partial charge in [-0.15, -0.1) is 0 Å². The van der Waals surface area contributed by atoms with Crippen LogP contribution in [0.1, 0.15) is 62.8 Å². The molecule has 2 rings (SSSR count). The molecule has 1 saturated heterocycles. The molecule has 1 amide bonds. The highest BCUT2D eigenvalue weighted by atomic mass is 32.2. The number of amides is 1. The standard InChI is InChI=1S/C24H41N3O3S/c1-16(2)27(17(3)4)14-11-25-24(28)22-9-12-26(13-10-22)31(29,30)23-20(7)18(5)15-19(6)21(23)8/h15-17,22H,9-14H2,1-8H3,(H,25,28). The first-order valence-electron chi connectivity index (χ1n) is 11.5. The third-order valence-corrected chi connectivity index (χ3v) is 8.89. The number of nitrogens with zero attached hydrogens (tertiary/aromatic N) is 2. The summed E-state index contributed by atoms with van der Waals surface area (Å²) in [6, 6.07) is 2.91. The van der Waals surface area contributed by atoms with Crippen LogP contribution in [0.5, 0.6) is 0 Å². The molecular formula is C24H41N3O3S. The van der Waals surface area contributed by atoms with E-state index in [4.69, 9.17) is 0 Å². The molecule has 1 fully saturated rings. The van der Waals surface area contributed by atoms with Crippen molar-refractivity contribution in [2.75, 3.05) is 26.2 Å². The minimum atomic E-state index is -3.57. The van der Waals surface area contributed by atoms with E-state index in [9.17, 15) is 13.2 Å². The molecule has 31 heavy (non-hydrogen) atoms. The minimum absolute atomic E-state index is 0.0447. The molecule has 0 aromatic heterocycles. The van der Waals surface area contributed by atoms with Crippen LogP contribution in [0.2, 0.25) is 0 Å². The van der Waals surface area contributed by atoms with Crippen LogP contribution in [-0.4, -0.2) is 61.8 Å². The van der Waals surface area contributed by atoms with Crippen LogP contribution >= 0.6 is 0 Å². The lowest BCUT2D eigenvalue weighted by molar-refractivity contribution is -0.126. The summed E-state index contributed by atoms with van der Waals surface area (Å²) in [5, 5.41) is 3.06. The molecule has 1 heterocycles. The van der Waals surface area contributed by atoms with Gasteiger partial charge in [-0.3, -0.25) is 9.69 Å². The number of benzene rings is 1. The molecule has 1 N–H and O–H groups in total. The number of sulfonamides is 1. The summed E-state index contributed by atoms with van der Waals surface area (Å²) >= 11 is 0. The molecule has 1 aliphatic heterocycles. The van der Waals surface area contributed by atoms with E-state index in [0.29, 0.717) is 49.5 Å². The molecule has 0 bridgehead atoms. The first-order chi connectivity index (χ1) is 14.4. The summed E-state index contributed by atoms with van der Waals surface area (Å²) in [6.07, 6.45) is 1.12. The third-order valence-electron chi connectivity index (χ3n) is 6.72. The van der Waals surface area contributed by atoms with Crippen molar-refractivity contribution in [1.82, 2.24) is 14.5 Å². The number of piperidine rings is 1. The van der Waals surface area contributed by atoms with Gasteiger partial charge in [0.1, 0.15) is 0 Å². The monoisotopic (exact) mass is 451 g/mol. The summed E-state index contributed by atoms with van der Waals surface area (Å²) in [5.41, 5.74) is 3.63. The Morgan fingerprint density at radius 3 is 1.97 bits per heavy atom. The highest BCUT2D eigenvalue weighted by Crippen LogP contribution is 2.31. The Kier molecular flexibility index (Phi) is 8.70. The topological polar surface area (TPSA) is 69.7 Å². The fourth-order valence-corrected chi connectivity index (χ4v) is 6.67. The van der Waals surface area contributed by atoms with Crippen molar-refractivity contribution in [3.63, 3.8) is 0 Å². The molecule has 0 aliphatic carbocycles. The van der Waals surface area contributed by atoms with Crippen LogP contribution in [0.15, 0.2) is 11.0 Å². The lowest BCUT2D eigenvalue weighted by Gasteiger charge is -2.33. The Morgan fingerprint density at radius 1 is 1.03 bits per heavy atom. The van der Waals surface area contributed by atoms with Gasteiger partial charge >= 0.3 is 0 Å². The minimum Gasteiger partial charge on any atom is -0.355 e. The van der Waals surface area contributed by atoms with Gasteiger partial charge in [0.2, 0.25) is 15.9 Å². The Balaban J connectivity index is 1.99. The number of carbonyl (C=O) groups excluding carboxylic acids is 1. The molecule has 1 aliphatic rings. The van der Waals surface area contributed by atoms with Gasteiger partial charge in [-0.2, -0.15) is 4.31 Å². The molecule has 1 aromatic carbocycles. The highest BCUT2D eigenvalue weighted by molar-refractivity contribution is 7.89. The summed E-state index contributed by atoms with van der Waals surface area (Å²) in [7, 11) is -3.57. The van der Waals surface area contributed by atoms with Crippen LogP contribution < -0.4 is 5.32 Å². The fourth-order valence-electron chi connectivity index (χ4n) is 4.62. The number of nitrogens with one attached hydrogen (secondary N) is 1. The number of aryl methyl sites for hydroxylation is 2. The van der Waals surface area contributed by atoms with Gasteiger partial charge in [-0.25, -0.2) is 8.42 Å². The summed E-state index contributed by atoms with van der Waals surface area (Å²) in [6.45, 7) is 18.5. The predicted molar refractivity (Wildman–Crippen MR) is 127 cm³/mol. The summed E-state index contributed by atoms with van der Waals surface area (Å²) < 4.78 is 28.4. The molecule has 0 saturated carbocycles. The maximum absolute atomic E-state index is 13.4. The summed E-state index contributed by atoms with van der Waals surface area (Å²) in [4.78, 5) is 15.4. The Bertz CT molecular complexity index is 852. The smallest absolute Gasteiger partial charge is 0.243 e. The van der Waals surface area contributed by atoms with E-state index in [1.54, 1.807) is 4.31 Å². The normalized spacial score (nSPS) is 16.5. The van der Waals surface area contributed by atoms with Gasteiger partial charge in [-0.1, -0.05) is 6.07 Å². The number of hydrogen-bond acceptors (Lipinski definition) is 4. The second-order valence-electron chi connectivity index (χ2n) is 9.48. The first-order valence-corrected chi connectivity index (χ1v) is 12.9. The van der Waals surface area contributed by atoms with Gasteiger partial charge in [0.05, 0.1) is 4.90 Å². The quantitative estimate of drug-likeness (QED) is 0.656. The second-order valence-corrected chi connectivity index (χ2v) is 11.4. The SMILES string of the molecule is Cc1cc(C)c(C)c(S(=O)(=O)N2CCC(C(=O)NCCN(C(C)C)C(C)C)CC2)c1C. The van der Waals surface area contributed by atoms with Crippen LogP contribution in [0.4, 0.5) is 0 Å². The Labute approximate surface area is 189 Å². The van der Waals surface area contributed by atoms with Crippen molar-refractivity contribution >= 4 is 15.9 Å². The number of hydrogen-bond donors (Lipinski definition) is 1. The van der Waals surface area contributed by atoms with Crippen LogP contribution in [-0.2, 0) is 14.8 Å². The van der Waals surface area contributed by atoms with Crippen molar-refractivity contribution in [3.8, 4) is 0 Å². The maximum atomic E-state index is 13.4. The lowest BCUT2D eigenvalue weighted by Crippen LogP contribution is -2.46. The third kappa shape index (κ3) is 5.88. The van der Waals surface area contributed by atoms with Gasteiger partial charge in [0.25, 0.3) is 0 Å². The zero-order chi connectivity index (χ0) is 23.5. The van der Waals surface area contributed by atoms with Crippen LogP contribution in [0.3, 0.4) is 0 Å². The lowest BCUT2D eigenvalue weighted by atomic mass is 9.97. The van der Waals surface area contributed by atoms with Crippen molar-refractivity contribution in [2.45, 2.75) is 85.2 Å².